The van der Waals surface area contributed by atoms with Crippen LogP contribution in [-0.4, -0.2) is 51.4 Å². The third-order valence-corrected chi connectivity index (χ3v) is 4.72. The van der Waals surface area contributed by atoms with E-state index in [1.54, 1.807) is 42.6 Å². The molecule has 25 heavy (non-hydrogen) atoms. The minimum absolute atomic E-state index is 0.0966. The van der Waals surface area contributed by atoms with Gasteiger partial charge in [-0.25, -0.2) is 0 Å². The molecule has 0 atom stereocenters. The molecule has 0 saturated heterocycles. The first kappa shape index (κ1) is 17.6. The Labute approximate surface area is 150 Å². The lowest BCUT2D eigenvalue weighted by atomic mass is 10.1. The second-order valence-electron chi connectivity index (χ2n) is 5.50. The number of amides is 1. The van der Waals surface area contributed by atoms with Crippen LogP contribution in [0.1, 0.15) is 15.2 Å². The molecule has 0 N–H and O–H groups in total. The minimum atomic E-state index is -0.0966. The Morgan fingerprint density at radius 3 is 2.84 bits per heavy atom. The molecule has 0 bridgehead atoms. The van der Waals surface area contributed by atoms with Crippen molar-refractivity contribution < 1.29 is 23.7 Å². The molecule has 3 rings (SSSR count). The fourth-order valence-corrected chi connectivity index (χ4v) is 3.34. The summed E-state index contributed by atoms with van der Waals surface area (Å²) in [5.74, 6) is 1.49. The van der Waals surface area contributed by atoms with Crippen molar-refractivity contribution in [3.63, 3.8) is 0 Å². The number of nitrogens with zero attached hydrogens (tertiary/aromatic N) is 1. The van der Waals surface area contributed by atoms with Crippen molar-refractivity contribution in [3.05, 3.63) is 40.1 Å². The molecule has 6 nitrogen and oxygen atoms in total. The van der Waals surface area contributed by atoms with E-state index >= 15 is 0 Å². The van der Waals surface area contributed by atoms with Gasteiger partial charge in [0, 0.05) is 24.1 Å². The molecule has 1 aromatic heterocycles. The van der Waals surface area contributed by atoms with E-state index in [4.69, 9.17) is 18.9 Å². The number of carbonyl (C=O) groups is 1. The van der Waals surface area contributed by atoms with Crippen LogP contribution >= 0.6 is 11.3 Å². The number of ether oxygens (including phenoxy) is 4. The predicted octanol–water partition coefficient (Wildman–Crippen LogP) is 2.82. The summed E-state index contributed by atoms with van der Waals surface area (Å²) in [5, 5.41) is 2.00. The van der Waals surface area contributed by atoms with Crippen molar-refractivity contribution >= 4 is 17.2 Å². The molecule has 1 aliphatic rings. The molecule has 1 amide bonds. The van der Waals surface area contributed by atoms with Gasteiger partial charge in [-0.15, -0.1) is 11.3 Å². The standard InChI is InChI=1S/C18H21NO5S/c1-21-6-5-19(12-14-4-3-9-25-14)18(20)13-10-15(22-2)17-16(11-13)23-7-8-24-17/h3-4,9-11H,5-8,12H2,1-2H3. The molecule has 0 saturated carbocycles. The first-order valence-electron chi connectivity index (χ1n) is 8.01. The maximum Gasteiger partial charge on any atom is 0.254 e. The van der Waals surface area contributed by atoms with Gasteiger partial charge in [0.1, 0.15) is 13.2 Å². The number of fused-ring (bicyclic) bond motifs is 1. The zero-order chi connectivity index (χ0) is 17.6. The Kier molecular flexibility index (Phi) is 5.78. The number of benzene rings is 1. The third kappa shape index (κ3) is 4.05. The fraction of sp³-hybridized carbons (Fsp3) is 0.389. The lowest BCUT2D eigenvalue weighted by Crippen LogP contribution is -2.33. The summed E-state index contributed by atoms with van der Waals surface area (Å²) in [7, 11) is 3.18. The number of rotatable bonds is 7. The van der Waals surface area contributed by atoms with Gasteiger partial charge in [0.05, 0.1) is 20.3 Å². The van der Waals surface area contributed by atoms with E-state index in [-0.39, 0.29) is 5.91 Å². The lowest BCUT2D eigenvalue weighted by Gasteiger charge is -2.24. The van der Waals surface area contributed by atoms with Crippen LogP contribution < -0.4 is 14.2 Å². The molecule has 0 fully saturated rings. The second kappa shape index (κ2) is 8.22. The van der Waals surface area contributed by atoms with Crippen molar-refractivity contribution in [2.24, 2.45) is 0 Å². The van der Waals surface area contributed by atoms with E-state index in [1.807, 2.05) is 17.5 Å². The molecular weight excluding hydrogens is 342 g/mol. The van der Waals surface area contributed by atoms with Gasteiger partial charge in [0.25, 0.3) is 5.91 Å². The monoisotopic (exact) mass is 363 g/mol. The highest BCUT2D eigenvalue weighted by Gasteiger charge is 2.23. The highest BCUT2D eigenvalue weighted by molar-refractivity contribution is 7.09. The number of hydrogen-bond donors (Lipinski definition) is 0. The van der Waals surface area contributed by atoms with Gasteiger partial charge in [0.2, 0.25) is 5.75 Å². The van der Waals surface area contributed by atoms with Gasteiger partial charge in [-0.1, -0.05) is 6.07 Å². The molecule has 134 valence electrons. The Balaban J connectivity index is 1.87. The minimum Gasteiger partial charge on any atom is -0.493 e. The average molecular weight is 363 g/mol. The average Bonchev–Trinajstić information content (AvgIpc) is 3.16. The number of carbonyl (C=O) groups excluding carboxylic acids is 1. The van der Waals surface area contributed by atoms with E-state index in [0.717, 1.165) is 4.88 Å². The lowest BCUT2D eigenvalue weighted by molar-refractivity contribution is 0.0681. The zero-order valence-electron chi connectivity index (χ0n) is 14.3. The van der Waals surface area contributed by atoms with Crippen molar-refractivity contribution in [2.45, 2.75) is 6.54 Å². The SMILES string of the molecule is COCCN(Cc1cccs1)C(=O)c1cc(OC)c2c(c1)OCCO2. The normalized spacial score (nSPS) is 12.7. The number of thiophene rings is 1. The first-order chi connectivity index (χ1) is 12.2. The van der Waals surface area contributed by atoms with E-state index < -0.39 is 0 Å². The van der Waals surface area contributed by atoms with Crippen LogP contribution in [0.25, 0.3) is 0 Å². The largest absolute Gasteiger partial charge is 0.493 e. The summed E-state index contributed by atoms with van der Waals surface area (Å²) >= 11 is 1.62. The van der Waals surface area contributed by atoms with Gasteiger partial charge in [-0.2, -0.15) is 0 Å². The number of methoxy groups -OCH3 is 2. The molecule has 7 heteroatoms. The van der Waals surface area contributed by atoms with E-state index in [1.165, 1.54) is 0 Å². The van der Waals surface area contributed by atoms with Crippen LogP contribution in [0.5, 0.6) is 17.2 Å². The van der Waals surface area contributed by atoms with Gasteiger partial charge in [-0.05, 0) is 23.6 Å². The molecule has 1 aliphatic heterocycles. The second-order valence-corrected chi connectivity index (χ2v) is 6.53. The smallest absolute Gasteiger partial charge is 0.254 e. The summed E-state index contributed by atoms with van der Waals surface area (Å²) in [5.41, 5.74) is 0.508. The van der Waals surface area contributed by atoms with Crippen LogP contribution in [-0.2, 0) is 11.3 Å². The maximum atomic E-state index is 13.1. The number of hydrogen-bond acceptors (Lipinski definition) is 6. The van der Waals surface area contributed by atoms with E-state index in [0.29, 0.717) is 55.7 Å². The van der Waals surface area contributed by atoms with Crippen LogP contribution in [0.15, 0.2) is 29.6 Å². The summed E-state index contributed by atoms with van der Waals surface area (Å²) in [6.07, 6.45) is 0. The Bertz CT molecular complexity index is 699. The maximum absolute atomic E-state index is 13.1. The van der Waals surface area contributed by atoms with Crippen molar-refractivity contribution in [3.8, 4) is 17.2 Å². The molecule has 0 unspecified atom stereocenters. The summed E-state index contributed by atoms with van der Waals surface area (Å²) in [6.45, 7) is 2.44. The first-order valence-corrected chi connectivity index (χ1v) is 8.89. The Hall–Kier alpha value is -2.25. The topological polar surface area (TPSA) is 57.2 Å². The van der Waals surface area contributed by atoms with Crippen molar-refractivity contribution in [1.29, 1.82) is 0 Å². The van der Waals surface area contributed by atoms with Crippen molar-refractivity contribution in [1.82, 2.24) is 4.90 Å². The highest BCUT2D eigenvalue weighted by atomic mass is 32.1. The molecule has 0 aliphatic carbocycles. The molecule has 0 spiro atoms. The Morgan fingerprint density at radius 1 is 1.28 bits per heavy atom. The molecule has 2 heterocycles. The van der Waals surface area contributed by atoms with Crippen molar-refractivity contribution in [2.75, 3.05) is 40.6 Å². The zero-order valence-corrected chi connectivity index (χ0v) is 15.1. The highest BCUT2D eigenvalue weighted by Crippen LogP contribution is 2.40. The summed E-state index contributed by atoms with van der Waals surface area (Å²) in [6, 6.07) is 7.41. The summed E-state index contributed by atoms with van der Waals surface area (Å²) < 4.78 is 21.7. The van der Waals surface area contributed by atoms with Gasteiger partial charge in [-0.3, -0.25) is 4.79 Å². The van der Waals surface area contributed by atoms with Gasteiger partial charge in [0.15, 0.2) is 11.5 Å². The quantitative estimate of drug-likeness (QED) is 0.757. The van der Waals surface area contributed by atoms with E-state index in [9.17, 15) is 4.79 Å². The van der Waals surface area contributed by atoms with Crippen LogP contribution in [0.2, 0.25) is 0 Å². The molecular formula is C18H21NO5S. The van der Waals surface area contributed by atoms with Crippen LogP contribution in [0.4, 0.5) is 0 Å². The van der Waals surface area contributed by atoms with Crippen LogP contribution in [0.3, 0.4) is 0 Å². The Morgan fingerprint density at radius 2 is 2.12 bits per heavy atom. The third-order valence-electron chi connectivity index (χ3n) is 3.85. The fourth-order valence-electron chi connectivity index (χ4n) is 2.62. The summed E-state index contributed by atoms with van der Waals surface area (Å²) in [4.78, 5) is 15.9. The molecule has 2 aromatic rings. The molecule has 0 radical (unpaired) electrons. The van der Waals surface area contributed by atoms with Gasteiger partial charge >= 0.3 is 0 Å². The van der Waals surface area contributed by atoms with Crippen LogP contribution in [0, 0.1) is 0 Å². The molecule has 1 aromatic carbocycles. The predicted molar refractivity (Wildman–Crippen MR) is 94.9 cm³/mol. The van der Waals surface area contributed by atoms with Gasteiger partial charge < -0.3 is 23.8 Å². The van der Waals surface area contributed by atoms with E-state index in [2.05, 4.69) is 0 Å².